The van der Waals surface area contributed by atoms with E-state index >= 15 is 0 Å². The van der Waals surface area contributed by atoms with Crippen LogP contribution in [0.2, 0.25) is 0 Å². The van der Waals surface area contributed by atoms with E-state index in [1.807, 2.05) is 26.8 Å². The minimum Gasteiger partial charge on any atom is -0.460 e. The summed E-state index contributed by atoms with van der Waals surface area (Å²) in [5.41, 5.74) is 0.855. The number of benzene rings is 1. The van der Waals surface area contributed by atoms with E-state index in [2.05, 4.69) is 5.32 Å². The van der Waals surface area contributed by atoms with E-state index in [9.17, 15) is 9.18 Å². The van der Waals surface area contributed by atoms with Crippen LogP contribution in [0.3, 0.4) is 0 Å². The molecule has 98 valence electrons. The van der Waals surface area contributed by atoms with Crippen LogP contribution in [0, 0.1) is 11.7 Å². The number of hydrogen-bond donors (Lipinski definition) is 1. The van der Waals surface area contributed by atoms with E-state index in [4.69, 9.17) is 4.74 Å². The molecule has 0 spiro atoms. The monoisotopic (exact) mass is 251 g/mol. The summed E-state index contributed by atoms with van der Waals surface area (Å²) < 4.78 is 18.8. The number of ether oxygens (including phenoxy) is 1. The first-order valence-electron chi connectivity index (χ1n) is 6.11. The van der Waals surface area contributed by atoms with Gasteiger partial charge in [-0.2, -0.15) is 0 Å². The maximum atomic E-state index is 13.5. The first-order valence-corrected chi connectivity index (χ1v) is 6.11. The first-order chi connectivity index (χ1) is 8.37. The summed E-state index contributed by atoms with van der Waals surface area (Å²) in [6.07, 6.45) is 0.523. The third-order valence-electron chi connectivity index (χ3n) is 2.83. The first kappa shape index (κ1) is 12.9. The molecule has 0 aliphatic carbocycles. The molecular formula is C14H18FNO2. The van der Waals surface area contributed by atoms with Gasteiger partial charge < -0.3 is 10.1 Å². The third kappa shape index (κ3) is 2.81. The lowest BCUT2D eigenvalue weighted by Crippen LogP contribution is -2.35. The van der Waals surface area contributed by atoms with Crippen LogP contribution in [0.5, 0.6) is 0 Å². The van der Waals surface area contributed by atoms with Gasteiger partial charge in [0.15, 0.2) is 0 Å². The van der Waals surface area contributed by atoms with Crippen molar-refractivity contribution in [1.82, 2.24) is 0 Å². The second-order valence-electron chi connectivity index (χ2n) is 5.59. The van der Waals surface area contributed by atoms with Crippen LogP contribution in [0.15, 0.2) is 18.2 Å². The van der Waals surface area contributed by atoms with Crippen molar-refractivity contribution in [1.29, 1.82) is 0 Å². The molecule has 1 aliphatic rings. The number of para-hydroxylation sites is 1. The molecule has 1 aromatic rings. The van der Waals surface area contributed by atoms with Gasteiger partial charge in [-0.05, 0) is 38.8 Å². The summed E-state index contributed by atoms with van der Waals surface area (Å²) in [6.45, 7) is 5.95. The second kappa shape index (κ2) is 4.59. The molecule has 3 nitrogen and oxygen atoms in total. The summed E-state index contributed by atoms with van der Waals surface area (Å²) >= 11 is 0. The maximum absolute atomic E-state index is 13.5. The molecule has 2 rings (SSSR count). The van der Waals surface area contributed by atoms with Gasteiger partial charge in [0.25, 0.3) is 0 Å². The summed E-state index contributed by atoms with van der Waals surface area (Å²) in [6, 6.07) is 4.91. The van der Waals surface area contributed by atoms with Gasteiger partial charge in [0.1, 0.15) is 11.4 Å². The van der Waals surface area contributed by atoms with Crippen molar-refractivity contribution >= 4 is 11.7 Å². The predicted molar refractivity (Wildman–Crippen MR) is 67.9 cm³/mol. The van der Waals surface area contributed by atoms with Crippen molar-refractivity contribution in [2.24, 2.45) is 5.92 Å². The highest BCUT2D eigenvalue weighted by molar-refractivity contribution is 5.75. The Morgan fingerprint density at radius 1 is 1.44 bits per heavy atom. The smallest absolute Gasteiger partial charge is 0.311 e. The quantitative estimate of drug-likeness (QED) is 0.780. The Morgan fingerprint density at radius 2 is 2.17 bits per heavy atom. The molecule has 0 saturated heterocycles. The van der Waals surface area contributed by atoms with E-state index in [1.54, 1.807) is 6.07 Å². The number of fused-ring (bicyclic) bond motifs is 1. The summed E-state index contributed by atoms with van der Waals surface area (Å²) in [4.78, 5) is 12.0. The van der Waals surface area contributed by atoms with Crippen molar-refractivity contribution in [3.05, 3.63) is 29.6 Å². The Hall–Kier alpha value is -1.58. The van der Waals surface area contributed by atoms with Crippen LogP contribution in [0.25, 0.3) is 0 Å². The van der Waals surface area contributed by atoms with Gasteiger partial charge in [-0.25, -0.2) is 4.39 Å². The molecule has 0 aromatic heterocycles. The number of anilines is 1. The summed E-state index contributed by atoms with van der Waals surface area (Å²) in [5.74, 6) is -0.751. The lowest BCUT2D eigenvalue weighted by Gasteiger charge is -2.28. The number of carbonyl (C=O) groups excluding carboxylic acids is 1. The highest BCUT2D eigenvalue weighted by atomic mass is 19.1. The largest absolute Gasteiger partial charge is 0.460 e. The number of esters is 1. The Labute approximate surface area is 106 Å². The van der Waals surface area contributed by atoms with Crippen LogP contribution in [0.4, 0.5) is 10.1 Å². The van der Waals surface area contributed by atoms with Crippen molar-refractivity contribution < 1.29 is 13.9 Å². The Morgan fingerprint density at radius 3 is 2.83 bits per heavy atom. The summed E-state index contributed by atoms with van der Waals surface area (Å²) in [7, 11) is 0. The highest BCUT2D eigenvalue weighted by Crippen LogP contribution is 2.28. The molecule has 0 radical (unpaired) electrons. The van der Waals surface area contributed by atoms with Gasteiger partial charge in [0, 0.05) is 6.54 Å². The number of halogens is 1. The van der Waals surface area contributed by atoms with Gasteiger partial charge >= 0.3 is 5.97 Å². The molecule has 1 aliphatic heterocycles. The van der Waals surface area contributed by atoms with Crippen molar-refractivity contribution in [2.45, 2.75) is 32.8 Å². The van der Waals surface area contributed by atoms with Crippen LogP contribution in [-0.2, 0) is 16.0 Å². The van der Waals surface area contributed by atoms with Crippen LogP contribution in [0.1, 0.15) is 26.3 Å². The Balaban J connectivity index is 2.11. The van der Waals surface area contributed by atoms with E-state index in [-0.39, 0.29) is 17.7 Å². The maximum Gasteiger partial charge on any atom is 0.311 e. The Bertz CT molecular complexity index is 465. The van der Waals surface area contributed by atoms with Gasteiger partial charge in [-0.15, -0.1) is 0 Å². The molecule has 1 heterocycles. The topological polar surface area (TPSA) is 38.3 Å². The standard InChI is InChI=1S/C14H18FNO2/c1-14(2,3)18-13(17)10-7-9-5-4-6-11(15)12(9)16-8-10/h4-6,10,16H,7-8H2,1-3H3. The van der Waals surface area contributed by atoms with E-state index in [1.165, 1.54) is 6.07 Å². The third-order valence-corrected chi connectivity index (χ3v) is 2.83. The second-order valence-corrected chi connectivity index (χ2v) is 5.59. The Kier molecular flexibility index (Phi) is 3.28. The molecule has 0 fully saturated rings. The van der Waals surface area contributed by atoms with Crippen molar-refractivity contribution in [2.75, 3.05) is 11.9 Å². The number of carbonyl (C=O) groups is 1. The molecule has 18 heavy (non-hydrogen) atoms. The summed E-state index contributed by atoms with van der Waals surface area (Å²) in [5, 5.41) is 2.97. The zero-order valence-corrected chi connectivity index (χ0v) is 10.9. The molecular weight excluding hydrogens is 233 g/mol. The van der Waals surface area contributed by atoms with E-state index < -0.39 is 5.60 Å². The SMILES string of the molecule is CC(C)(C)OC(=O)C1CNc2c(F)cccc2C1. The fourth-order valence-corrected chi connectivity index (χ4v) is 2.05. The number of hydrogen-bond acceptors (Lipinski definition) is 3. The van der Waals surface area contributed by atoms with Gasteiger partial charge in [-0.1, -0.05) is 12.1 Å². The molecule has 0 bridgehead atoms. The molecule has 0 saturated carbocycles. The van der Waals surface area contributed by atoms with Crippen molar-refractivity contribution in [3.8, 4) is 0 Å². The van der Waals surface area contributed by atoms with Crippen LogP contribution >= 0.6 is 0 Å². The normalized spacial score (nSPS) is 18.8. The zero-order chi connectivity index (χ0) is 13.3. The van der Waals surface area contributed by atoms with Gasteiger partial charge in [0.05, 0.1) is 11.6 Å². The highest BCUT2D eigenvalue weighted by Gasteiger charge is 2.29. The van der Waals surface area contributed by atoms with Crippen molar-refractivity contribution in [3.63, 3.8) is 0 Å². The average molecular weight is 251 g/mol. The predicted octanol–water partition coefficient (Wildman–Crippen LogP) is 2.75. The fraction of sp³-hybridized carbons (Fsp3) is 0.500. The molecule has 1 atom stereocenters. The van der Waals surface area contributed by atoms with Crippen LogP contribution < -0.4 is 5.32 Å². The molecule has 1 aromatic carbocycles. The molecule has 1 unspecified atom stereocenters. The van der Waals surface area contributed by atoms with Gasteiger partial charge in [0.2, 0.25) is 0 Å². The molecule has 4 heteroatoms. The minimum atomic E-state index is -0.487. The fourth-order valence-electron chi connectivity index (χ4n) is 2.05. The lowest BCUT2D eigenvalue weighted by atomic mass is 9.93. The number of rotatable bonds is 1. The number of nitrogens with one attached hydrogen (secondary N) is 1. The zero-order valence-electron chi connectivity index (χ0n) is 10.9. The average Bonchev–Trinajstić information content (AvgIpc) is 2.26. The van der Waals surface area contributed by atoms with Gasteiger partial charge in [-0.3, -0.25) is 4.79 Å². The van der Waals surface area contributed by atoms with E-state index in [0.29, 0.717) is 18.7 Å². The lowest BCUT2D eigenvalue weighted by molar-refractivity contribution is -0.159. The van der Waals surface area contributed by atoms with Crippen LogP contribution in [-0.4, -0.2) is 18.1 Å². The molecule has 0 amide bonds. The van der Waals surface area contributed by atoms with E-state index in [0.717, 1.165) is 5.56 Å². The molecule has 1 N–H and O–H groups in total. The minimum absolute atomic E-state index is 0.232.